The highest BCUT2D eigenvalue weighted by Crippen LogP contribution is 2.39. The van der Waals surface area contributed by atoms with Crippen molar-refractivity contribution in [1.29, 1.82) is 0 Å². The molecule has 1 amide bonds. The summed E-state index contributed by atoms with van der Waals surface area (Å²) < 4.78 is 7.59. The van der Waals surface area contributed by atoms with Gasteiger partial charge in [0.05, 0.1) is 5.75 Å². The molecule has 1 aliphatic rings. The fraction of sp³-hybridized carbons (Fsp3) is 0.471. The minimum absolute atomic E-state index is 0.122. The van der Waals surface area contributed by atoms with Crippen molar-refractivity contribution in [3.63, 3.8) is 0 Å². The Morgan fingerprint density at radius 3 is 2.89 bits per heavy atom. The monoisotopic (exact) mass is 404 g/mol. The molecule has 8 nitrogen and oxygen atoms in total. The van der Waals surface area contributed by atoms with Crippen LogP contribution in [0.5, 0.6) is 0 Å². The molecule has 0 saturated heterocycles. The molecule has 1 N–H and O–H groups in total. The Morgan fingerprint density at radius 2 is 2.22 bits per heavy atom. The Bertz CT molecular complexity index is 914. The zero-order valence-electron chi connectivity index (χ0n) is 15.1. The lowest BCUT2D eigenvalue weighted by Crippen LogP contribution is -2.15. The molecule has 3 heterocycles. The third kappa shape index (κ3) is 4.38. The van der Waals surface area contributed by atoms with Crippen LogP contribution in [0.2, 0.25) is 0 Å². The number of thiophene rings is 1. The van der Waals surface area contributed by atoms with Gasteiger partial charge in [-0.15, -0.1) is 26.6 Å². The van der Waals surface area contributed by atoms with Crippen LogP contribution in [0.25, 0.3) is 0 Å². The van der Waals surface area contributed by atoms with Crippen molar-refractivity contribution in [1.82, 2.24) is 25.0 Å². The van der Waals surface area contributed by atoms with E-state index in [4.69, 9.17) is 4.42 Å². The second kappa shape index (κ2) is 7.81. The zero-order chi connectivity index (χ0) is 18.8. The average Bonchev–Trinajstić information content (AvgIpc) is 3.03. The van der Waals surface area contributed by atoms with Crippen molar-refractivity contribution in [3.8, 4) is 0 Å². The predicted molar refractivity (Wildman–Crippen MR) is 103 cm³/mol. The Kier molecular flexibility index (Phi) is 5.26. The third-order valence-electron chi connectivity index (χ3n) is 4.07. The van der Waals surface area contributed by atoms with Crippen LogP contribution in [0, 0.1) is 0 Å². The first-order valence-electron chi connectivity index (χ1n) is 8.82. The fourth-order valence-corrected chi connectivity index (χ4v) is 4.12. The van der Waals surface area contributed by atoms with E-state index in [-0.39, 0.29) is 23.6 Å². The minimum atomic E-state index is -0.205. The van der Waals surface area contributed by atoms with Crippen LogP contribution in [-0.2, 0) is 11.2 Å². The number of hydrogen-bond donors (Lipinski definition) is 1. The Labute approximate surface area is 164 Å². The lowest BCUT2D eigenvalue weighted by Gasteiger charge is -2.08. The number of aromatic nitrogens is 5. The van der Waals surface area contributed by atoms with Gasteiger partial charge in [0, 0.05) is 23.3 Å². The minimum Gasteiger partial charge on any atom is -0.408 e. The van der Waals surface area contributed by atoms with Gasteiger partial charge in [0.25, 0.3) is 0 Å². The zero-order valence-corrected chi connectivity index (χ0v) is 16.7. The quantitative estimate of drug-likeness (QED) is 0.574. The van der Waals surface area contributed by atoms with Gasteiger partial charge in [-0.1, -0.05) is 36.8 Å². The molecule has 0 spiro atoms. The summed E-state index contributed by atoms with van der Waals surface area (Å²) in [4.78, 5) is 13.5. The van der Waals surface area contributed by atoms with Gasteiger partial charge in [-0.05, 0) is 24.3 Å². The van der Waals surface area contributed by atoms with Gasteiger partial charge >= 0.3 is 6.01 Å². The van der Waals surface area contributed by atoms with E-state index in [0.717, 1.165) is 30.2 Å². The van der Waals surface area contributed by atoms with E-state index in [0.29, 0.717) is 11.9 Å². The average molecular weight is 405 g/mol. The molecule has 142 valence electrons. The normalized spacial score (nSPS) is 14.0. The summed E-state index contributed by atoms with van der Waals surface area (Å²) in [5.74, 6) is 1.59. The summed E-state index contributed by atoms with van der Waals surface area (Å²) in [6.45, 7) is 3.90. The molecular weight excluding hydrogens is 384 g/mol. The topological polar surface area (TPSA) is 98.7 Å². The highest BCUT2D eigenvalue weighted by molar-refractivity contribution is 7.99. The van der Waals surface area contributed by atoms with Gasteiger partial charge in [0.1, 0.15) is 5.82 Å². The molecule has 1 fully saturated rings. The first-order chi connectivity index (χ1) is 13.1. The van der Waals surface area contributed by atoms with Crippen molar-refractivity contribution in [2.75, 3.05) is 11.1 Å². The van der Waals surface area contributed by atoms with Gasteiger partial charge in [-0.25, -0.2) is 0 Å². The van der Waals surface area contributed by atoms with E-state index in [1.165, 1.54) is 16.6 Å². The number of anilines is 1. The van der Waals surface area contributed by atoms with Crippen LogP contribution in [-0.4, -0.2) is 36.6 Å². The number of nitrogens with one attached hydrogen (secondary N) is 1. The van der Waals surface area contributed by atoms with Crippen molar-refractivity contribution < 1.29 is 9.21 Å². The summed E-state index contributed by atoms with van der Waals surface area (Å²) >= 11 is 3.10. The van der Waals surface area contributed by atoms with E-state index in [1.54, 1.807) is 11.3 Å². The van der Waals surface area contributed by atoms with Crippen LogP contribution in [0.4, 0.5) is 6.01 Å². The van der Waals surface area contributed by atoms with Crippen molar-refractivity contribution in [2.24, 2.45) is 0 Å². The smallest absolute Gasteiger partial charge is 0.322 e. The summed E-state index contributed by atoms with van der Waals surface area (Å²) in [5.41, 5.74) is 0. The van der Waals surface area contributed by atoms with Crippen LogP contribution in [0.3, 0.4) is 0 Å². The highest BCUT2D eigenvalue weighted by atomic mass is 32.2. The molecule has 3 aromatic heterocycles. The van der Waals surface area contributed by atoms with E-state index in [1.807, 2.05) is 19.9 Å². The molecule has 0 bridgehead atoms. The Morgan fingerprint density at radius 1 is 1.37 bits per heavy atom. The Hall–Kier alpha value is -2.20. The number of carbonyl (C=O) groups is 1. The standard InChI is InChI=1S/C17H20N6O2S2/c1-10(2)15-20-21-16(25-15)18-14(24)9-27-17-22-19-13(23(17)11-5-6-11)8-12-4-3-7-26-12/h3-4,7,10-11H,5-6,8-9H2,1-2H3,(H,18,21,24). The molecule has 0 atom stereocenters. The number of carbonyl (C=O) groups excluding carboxylic acids is 1. The summed E-state index contributed by atoms with van der Waals surface area (Å²) in [6.07, 6.45) is 3.04. The number of nitrogens with zero attached hydrogens (tertiary/aromatic N) is 5. The van der Waals surface area contributed by atoms with Crippen molar-refractivity contribution >= 4 is 35.0 Å². The fourth-order valence-electron chi connectivity index (χ4n) is 2.60. The number of hydrogen-bond acceptors (Lipinski definition) is 8. The first-order valence-corrected chi connectivity index (χ1v) is 10.7. The maximum absolute atomic E-state index is 12.2. The summed E-state index contributed by atoms with van der Waals surface area (Å²) in [5, 5.41) is 21.9. The highest BCUT2D eigenvalue weighted by Gasteiger charge is 2.30. The second-order valence-electron chi connectivity index (χ2n) is 6.69. The van der Waals surface area contributed by atoms with Gasteiger partial charge in [-0.3, -0.25) is 10.1 Å². The van der Waals surface area contributed by atoms with E-state index < -0.39 is 0 Å². The molecule has 1 saturated carbocycles. The van der Waals surface area contributed by atoms with Crippen molar-refractivity contribution in [3.05, 3.63) is 34.1 Å². The molecule has 3 aromatic rings. The number of thioether (sulfide) groups is 1. The molecule has 0 unspecified atom stereocenters. The number of amides is 1. The molecule has 0 radical (unpaired) electrons. The second-order valence-corrected chi connectivity index (χ2v) is 8.67. The molecule has 4 rings (SSSR count). The summed E-state index contributed by atoms with van der Waals surface area (Å²) in [6, 6.07) is 4.73. The van der Waals surface area contributed by atoms with Crippen LogP contribution in [0.15, 0.2) is 27.1 Å². The molecule has 0 aliphatic heterocycles. The summed E-state index contributed by atoms with van der Waals surface area (Å²) in [7, 11) is 0. The van der Waals surface area contributed by atoms with Gasteiger partial charge in [-0.2, -0.15) is 0 Å². The third-order valence-corrected chi connectivity index (χ3v) is 5.89. The SMILES string of the molecule is CC(C)c1nnc(NC(=O)CSc2nnc(Cc3cccs3)n2C2CC2)o1. The van der Waals surface area contributed by atoms with Crippen LogP contribution < -0.4 is 5.32 Å². The van der Waals surface area contributed by atoms with E-state index in [2.05, 4.69) is 41.7 Å². The van der Waals surface area contributed by atoms with Gasteiger partial charge < -0.3 is 8.98 Å². The molecule has 27 heavy (non-hydrogen) atoms. The predicted octanol–water partition coefficient (Wildman–Crippen LogP) is 3.50. The largest absolute Gasteiger partial charge is 0.408 e. The molecule has 1 aliphatic carbocycles. The molecule has 0 aromatic carbocycles. The van der Waals surface area contributed by atoms with E-state index >= 15 is 0 Å². The lowest BCUT2D eigenvalue weighted by atomic mass is 10.2. The first kappa shape index (κ1) is 18.2. The maximum Gasteiger partial charge on any atom is 0.322 e. The van der Waals surface area contributed by atoms with Crippen LogP contribution >= 0.6 is 23.1 Å². The van der Waals surface area contributed by atoms with Crippen LogP contribution in [0.1, 0.15) is 55.2 Å². The van der Waals surface area contributed by atoms with Gasteiger partial charge in [0.15, 0.2) is 5.16 Å². The molecule has 10 heteroatoms. The van der Waals surface area contributed by atoms with Crippen molar-refractivity contribution in [2.45, 2.75) is 50.2 Å². The van der Waals surface area contributed by atoms with Gasteiger partial charge in [0.2, 0.25) is 11.8 Å². The lowest BCUT2D eigenvalue weighted by molar-refractivity contribution is -0.113. The maximum atomic E-state index is 12.2. The Balaban J connectivity index is 1.38. The van der Waals surface area contributed by atoms with E-state index in [9.17, 15) is 4.79 Å². The number of rotatable bonds is 8. The molecular formula is C17H20N6O2S2.